The minimum atomic E-state index is -4.35. The molecule has 1 amide bonds. The molecule has 1 saturated heterocycles. The first-order valence-corrected chi connectivity index (χ1v) is 7.20. The molecule has 0 saturated carbocycles. The van der Waals surface area contributed by atoms with Crippen LogP contribution in [-0.4, -0.2) is 23.9 Å². The van der Waals surface area contributed by atoms with E-state index in [2.05, 4.69) is 15.9 Å². The number of hydrogen-bond donors (Lipinski definition) is 0. The average molecular weight is 350 g/mol. The number of rotatable bonds is 1. The molecular formula is C14H15BrF3NO. The molecule has 0 N–H and O–H groups in total. The van der Waals surface area contributed by atoms with Gasteiger partial charge in [-0.2, -0.15) is 13.2 Å². The maximum atomic E-state index is 13.1. The SMILES string of the molecule is CC(=O)N1CCC(c2ccc(Br)cc2C(F)(F)F)CC1. The van der Waals surface area contributed by atoms with Crippen molar-refractivity contribution in [2.45, 2.75) is 31.9 Å². The zero-order valence-electron chi connectivity index (χ0n) is 11.0. The summed E-state index contributed by atoms with van der Waals surface area (Å²) in [5, 5.41) is 0. The first-order valence-electron chi connectivity index (χ1n) is 6.41. The summed E-state index contributed by atoms with van der Waals surface area (Å²) in [6.07, 6.45) is -3.20. The summed E-state index contributed by atoms with van der Waals surface area (Å²) >= 11 is 3.09. The Bertz CT molecular complexity index is 508. The van der Waals surface area contributed by atoms with Gasteiger partial charge in [-0.25, -0.2) is 0 Å². The van der Waals surface area contributed by atoms with E-state index < -0.39 is 11.7 Å². The molecule has 0 radical (unpaired) electrons. The Kier molecular flexibility index (Phi) is 4.42. The van der Waals surface area contributed by atoms with Gasteiger partial charge < -0.3 is 4.90 Å². The van der Waals surface area contributed by atoms with E-state index >= 15 is 0 Å². The Labute approximate surface area is 124 Å². The van der Waals surface area contributed by atoms with E-state index in [-0.39, 0.29) is 11.8 Å². The molecule has 1 aliphatic rings. The number of halogens is 4. The van der Waals surface area contributed by atoms with E-state index in [4.69, 9.17) is 0 Å². The van der Waals surface area contributed by atoms with E-state index in [1.165, 1.54) is 6.92 Å². The van der Waals surface area contributed by atoms with Gasteiger partial charge in [-0.1, -0.05) is 22.0 Å². The van der Waals surface area contributed by atoms with Crippen LogP contribution < -0.4 is 0 Å². The minimum absolute atomic E-state index is 0.0182. The molecule has 0 aliphatic carbocycles. The fourth-order valence-electron chi connectivity index (χ4n) is 2.64. The molecule has 110 valence electrons. The van der Waals surface area contributed by atoms with Crippen molar-refractivity contribution >= 4 is 21.8 Å². The molecular weight excluding hydrogens is 335 g/mol. The molecule has 1 aromatic rings. The third kappa shape index (κ3) is 3.34. The summed E-state index contributed by atoms with van der Waals surface area (Å²) < 4.78 is 39.7. The number of alkyl halides is 3. The van der Waals surface area contributed by atoms with Crippen LogP contribution in [0.15, 0.2) is 22.7 Å². The molecule has 2 rings (SSSR count). The molecule has 2 nitrogen and oxygen atoms in total. The summed E-state index contributed by atoms with van der Waals surface area (Å²) in [4.78, 5) is 12.9. The predicted octanol–water partition coefficient (Wildman–Crippen LogP) is 4.19. The average Bonchev–Trinajstić information content (AvgIpc) is 2.38. The van der Waals surface area contributed by atoms with Gasteiger partial charge in [0.25, 0.3) is 0 Å². The van der Waals surface area contributed by atoms with Crippen molar-refractivity contribution in [3.63, 3.8) is 0 Å². The van der Waals surface area contributed by atoms with E-state index in [0.29, 0.717) is 36.0 Å². The zero-order valence-corrected chi connectivity index (χ0v) is 12.6. The Hall–Kier alpha value is -1.04. The van der Waals surface area contributed by atoms with Crippen LogP contribution in [0.1, 0.15) is 36.8 Å². The van der Waals surface area contributed by atoms with Crippen LogP contribution in [0, 0.1) is 0 Å². The lowest BCUT2D eigenvalue weighted by Gasteiger charge is -2.32. The highest BCUT2D eigenvalue weighted by Gasteiger charge is 2.36. The molecule has 1 aromatic carbocycles. The molecule has 20 heavy (non-hydrogen) atoms. The Morgan fingerprint density at radius 2 is 1.90 bits per heavy atom. The second-order valence-electron chi connectivity index (χ2n) is 5.01. The number of hydrogen-bond acceptors (Lipinski definition) is 1. The van der Waals surface area contributed by atoms with Gasteiger partial charge >= 0.3 is 6.18 Å². The topological polar surface area (TPSA) is 20.3 Å². The molecule has 0 bridgehead atoms. The van der Waals surface area contributed by atoms with Crippen LogP contribution in [-0.2, 0) is 11.0 Å². The molecule has 0 spiro atoms. The Morgan fingerprint density at radius 1 is 1.30 bits per heavy atom. The van der Waals surface area contributed by atoms with Gasteiger partial charge in [-0.05, 0) is 36.5 Å². The van der Waals surface area contributed by atoms with Crippen LogP contribution in [0.2, 0.25) is 0 Å². The van der Waals surface area contributed by atoms with Crippen LogP contribution in [0.3, 0.4) is 0 Å². The smallest absolute Gasteiger partial charge is 0.343 e. The number of amides is 1. The van der Waals surface area contributed by atoms with Gasteiger partial charge in [0.15, 0.2) is 0 Å². The molecule has 0 atom stereocenters. The monoisotopic (exact) mass is 349 g/mol. The lowest BCUT2D eigenvalue weighted by atomic mass is 9.86. The number of piperidine rings is 1. The van der Waals surface area contributed by atoms with Crippen molar-refractivity contribution < 1.29 is 18.0 Å². The number of carbonyl (C=O) groups is 1. The fraction of sp³-hybridized carbons (Fsp3) is 0.500. The van der Waals surface area contributed by atoms with Crippen molar-refractivity contribution in [2.75, 3.05) is 13.1 Å². The molecule has 6 heteroatoms. The lowest BCUT2D eigenvalue weighted by molar-refractivity contribution is -0.139. The van der Waals surface area contributed by atoms with E-state index in [1.54, 1.807) is 17.0 Å². The number of carbonyl (C=O) groups excluding carboxylic acids is 1. The molecule has 0 unspecified atom stereocenters. The predicted molar refractivity (Wildman–Crippen MR) is 73.4 cm³/mol. The largest absolute Gasteiger partial charge is 0.416 e. The van der Waals surface area contributed by atoms with Gasteiger partial charge in [0.1, 0.15) is 0 Å². The quantitative estimate of drug-likeness (QED) is 0.744. The molecule has 1 heterocycles. The van der Waals surface area contributed by atoms with Crippen LogP contribution in [0.4, 0.5) is 13.2 Å². The van der Waals surface area contributed by atoms with Gasteiger partial charge in [-0.3, -0.25) is 4.79 Å². The summed E-state index contributed by atoms with van der Waals surface area (Å²) in [5.74, 6) is -0.161. The Morgan fingerprint density at radius 3 is 2.40 bits per heavy atom. The number of benzene rings is 1. The van der Waals surface area contributed by atoms with Crippen molar-refractivity contribution in [1.82, 2.24) is 4.90 Å². The van der Waals surface area contributed by atoms with Crippen LogP contribution in [0.5, 0.6) is 0 Å². The van der Waals surface area contributed by atoms with Gasteiger partial charge in [0.2, 0.25) is 5.91 Å². The molecule has 1 aliphatic heterocycles. The van der Waals surface area contributed by atoms with Gasteiger partial charge in [0.05, 0.1) is 5.56 Å². The lowest BCUT2D eigenvalue weighted by Crippen LogP contribution is -2.36. The number of likely N-dealkylation sites (tertiary alicyclic amines) is 1. The molecule has 0 aromatic heterocycles. The van der Waals surface area contributed by atoms with Gasteiger partial charge in [0, 0.05) is 24.5 Å². The van der Waals surface area contributed by atoms with Crippen molar-refractivity contribution in [3.05, 3.63) is 33.8 Å². The van der Waals surface area contributed by atoms with Crippen molar-refractivity contribution in [1.29, 1.82) is 0 Å². The van der Waals surface area contributed by atoms with Crippen LogP contribution in [0.25, 0.3) is 0 Å². The standard InChI is InChI=1S/C14H15BrF3NO/c1-9(20)19-6-4-10(5-7-19)12-3-2-11(15)8-13(12)14(16,17)18/h2-3,8,10H,4-7H2,1H3. The summed E-state index contributed by atoms with van der Waals surface area (Å²) in [6, 6.07) is 4.32. The molecule has 1 fully saturated rings. The summed E-state index contributed by atoms with van der Waals surface area (Å²) in [7, 11) is 0. The third-order valence-electron chi connectivity index (χ3n) is 3.70. The first-order chi connectivity index (χ1) is 9.29. The third-order valence-corrected chi connectivity index (χ3v) is 4.19. The maximum absolute atomic E-state index is 13.1. The zero-order chi connectivity index (χ0) is 14.9. The maximum Gasteiger partial charge on any atom is 0.416 e. The van der Waals surface area contributed by atoms with Crippen LogP contribution >= 0.6 is 15.9 Å². The normalized spacial score (nSPS) is 17.4. The second kappa shape index (κ2) is 5.76. The minimum Gasteiger partial charge on any atom is -0.343 e. The van der Waals surface area contributed by atoms with Gasteiger partial charge in [-0.15, -0.1) is 0 Å². The van der Waals surface area contributed by atoms with E-state index in [9.17, 15) is 18.0 Å². The summed E-state index contributed by atoms with van der Waals surface area (Å²) in [5.41, 5.74) is -0.239. The van der Waals surface area contributed by atoms with Crippen molar-refractivity contribution in [2.24, 2.45) is 0 Å². The van der Waals surface area contributed by atoms with E-state index in [0.717, 1.165) is 6.07 Å². The first kappa shape index (κ1) is 15.4. The Balaban J connectivity index is 2.24. The number of nitrogens with zero attached hydrogens (tertiary/aromatic N) is 1. The highest BCUT2D eigenvalue weighted by molar-refractivity contribution is 9.10. The highest BCUT2D eigenvalue weighted by atomic mass is 79.9. The summed E-state index contributed by atoms with van der Waals surface area (Å²) in [6.45, 7) is 2.53. The second-order valence-corrected chi connectivity index (χ2v) is 5.93. The highest BCUT2D eigenvalue weighted by Crippen LogP contribution is 2.39. The fourth-order valence-corrected chi connectivity index (χ4v) is 3.00. The van der Waals surface area contributed by atoms with Crippen molar-refractivity contribution in [3.8, 4) is 0 Å². The van der Waals surface area contributed by atoms with E-state index in [1.807, 2.05) is 0 Å².